The number of carbonyl (C=O) groups excluding carboxylic acids is 1. The maximum Gasteiger partial charge on any atom is 1.00 e. The van der Waals surface area contributed by atoms with Gasteiger partial charge in [0.15, 0.2) is 5.65 Å². The first-order valence-electron chi connectivity index (χ1n) is 3.17. The molecule has 2 heterocycles. The van der Waals surface area contributed by atoms with Crippen molar-refractivity contribution in [2.75, 3.05) is 0 Å². The van der Waals surface area contributed by atoms with E-state index in [0.717, 1.165) is 4.52 Å². The van der Waals surface area contributed by atoms with E-state index in [1.165, 1.54) is 6.07 Å². The van der Waals surface area contributed by atoms with E-state index in [2.05, 4.69) is 15.5 Å². The second-order valence-corrected chi connectivity index (χ2v) is 2.15. The number of aromatic nitrogens is 4. The Morgan fingerprint density at radius 2 is 2.23 bits per heavy atom. The zero-order valence-electron chi connectivity index (χ0n) is 6.84. The van der Waals surface area contributed by atoms with E-state index in [1.807, 2.05) is 0 Å². The number of carboxylic acids is 1. The van der Waals surface area contributed by atoms with Gasteiger partial charge in [0.25, 0.3) is 0 Å². The molecule has 0 N–H and O–H groups in total. The van der Waals surface area contributed by atoms with Crippen LogP contribution >= 0.6 is 0 Å². The van der Waals surface area contributed by atoms with Crippen molar-refractivity contribution in [1.82, 2.24) is 20.0 Å². The molecular formula is C6H3LiN4O2. The summed E-state index contributed by atoms with van der Waals surface area (Å²) >= 11 is 0. The molecule has 2 rings (SSSR count). The van der Waals surface area contributed by atoms with Gasteiger partial charge in [-0.3, -0.25) is 0 Å². The molecule has 0 spiro atoms. The van der Waals surface area contributed by atoms with Gasteiger partial charge < -0.3 is 9.90 Å². The number of carbonyl (C=O) groups is 1. The monoisotopic (exact) mass is 170 g/mol. The van der Waals surface area contributed by atoms with E-state index in [-0.39, 0.29) is 24.6 Å². The van der Waals surface area contributed by atoms with Crippen LogP contribution in [0.25, 0.3) is 5.65 Å². The Bertz CT molecular complexity index is 441. The van der Waals surface area contributed by atoms with Gasteiger partial charge in [0, 0.05) is 0 Å². The zero-order chi connectivity index (χ0) is 8.55. The molecule has 0 saturated carbocycles. The third kappa shape index (κ3) is 1.54. The van der Waals surface area contributed by atoms with Crippen LogP contribution in [0.4, 0.5) is 0 Å². The Labute approximate surface area is 84.7 Å². The average Bonchev–Trinajstić information content (AvgIpc) is 2.49. The normalized spacial score (nSPS) is 9.54. The molecule has 0 unspecified atom stereocenters. The first-order valence-corrected chi connectivity index (χ1v) is 3.17. The van der Waals surface area contributed by atoms with Crippen LogP contribution in [0.1, 0.15) is 10.5 Å². The van der Waals surface area contributed by atoms with Crippen LogP contribution in [-0.4, -0.2) is 26.0 Å². The summed E-state index contributed by atoms with van der Waals surface area (Å²) in [5.41, 5.74) is 0.328. The molecule has 0 aliphatic carbocycles. The fourth-order valence-electron chi connectivity index (χ4n) is 0.920. The van der Waals surface area contributed by atoms with Crippen LogP contribution in [0.3, 0.4) is 0 Å². The molecule has 6 nitrogen and oxygen atoms in total. The summed E-state index contributed by atoms with van der Waals surface area (Å²) in [6.45, 7) is 0. The van der Waals surface area contributed by atoms with Crippen molar-refractivity contribution in [3.63, 3.8) is 0 Å². The molecule has 0 amide bonds. The van der Waals surface area contributed by atoms with E-state index in [1.54, 1.807) is 12.1 Å². The zero-order valence-corrected chi connectivity index (χ0v) is 6.84. The number of aromatic carboxylic acids is 1. The molecule has 2 aromatic rings. The predicted octanol–water partition coefficient (Wildman–Crippen LogP) is -4.51. The smallest absolute Gasteiger partial charge is 0.543 e. The second-order valence-electron chi connectivity index (χ2n) is 2.15. The molecule has 7 heteroatoms. The van der Waals surface area contributed by atoms with Gasteiger partial charge >= 0.3 is 18.9 Å². The molecule has 0 aromatic carbocycles. The number of rotatable bonds is 1. The first kappa shape index (κ1) is 9.70. The minimum Gasteiger partial charge on any atom is -0.543 e. The van der Waals surface area contributed by atoms with Gasteiger partial charge in [-0.15, -0.1) is 5.10 Å². The van der Waals surface area contributed by atoms with Crippen molar-refractivity contribution in [3.05, 3.63) is 23.9 Å². The topological polar surface area (TPSA) is 83.2 Å². The van der Waals surface area contributed by atoms with Crippen molar-refractivity contribution in [1.29, 1.82) is 0 Å². The van der Waals surface area contributed by atoms with Gasteiger partial charge in [-0.25, -0.2) is 0 Å². The van der Waals surface area contributed by atoms with E-state index >= 15 is 0 Å². The Hall–Kier alpha value is -1.38. The summed E-state index contributed by atoms with van der Waals surface area (Å²) in [7, 11) is 0. The van der Waals surface area contributed by atoms with E-state index < -0.39 is 5.97 Å². The Balaban J connectivity index is 0.000000845. The summed E-state index contributed by atoms with van der Waals surface area (Å²) in [4.78, 5) is 10.5. The van der Waals surface area contributed by atoms with Crippen molar-refractivity contribution < 1.29 is 28.8 Å². The van der Waals surface area contributed by atoms with Crippen molar-refractivity contribution in [3.8, 4) is 0 Å². The van der Waals surface area contributed by atoms with E-state index in [0.29, 0.717) is 5.65 Å². The Morgan fingerprint density at radius 1 is 1.46 bits per heavy atom. The second kappa shape index (κ2) is 3.56. The average molecular weight is 170 g/mol. The SMILES string of the molecule is O=C([O-])c1cccc2nnnn12.[Li+]. The number of hydrogen-bond acceptors (Lipinski definition) is 5. The van der Waals surface area contributed by atoms with Gasteiger partial charge in [0.1, 0.15) is 0 Å². The predicted molar refractivity (Wildman–Crippen MR) is 35.1 cm³/mol. The number of nitrogens with zero attached hydrogens (tertiary/aromatic N) is 4. The molecular weight excluding hydrogens is 167 g/mol. The molecule has 60 valence electrons. The summed E-state index contributed by atoms with van der Waals surface area (Å²) in [6, 6.07) is 4.53. The van der Waals surface area contributed by atoms with Crippen molar-refractivity contribution in [2.24, 2.45) is 0 Å². The third-order valence-electron chi connectivity index (χ3n) is 1.43. The molecule has 0 aliphatic heterocycles. The quantitative estimate of drug-likeness (QED) is 0.403. The molecule has 13 heavy (non-hydrogen) atoms. The summed E-state index contributed by atoms with van der Waals surface area (Å²) in [6.07, 6.45) is 0. The summed E-state index contributed by atoms with van der Waals surface area (Å²) < 4.78 is 1.11. The standard InChI is InChI=1S/C6H4N4O2.Li/c11-6(12)4-2-1-3-5-7-8-9-10(4)5;/h1-3H,(H,11,12);/q;+1/p-1. The number of hydrogen-bond donors (Lipinski definition) is 0. The number of carboxylic acid groups (broad SMARTS) is 1. The fourth-order valence-corrected chi connectivity index (χ4v) is 0.920. The molecule has 0 aliphatic rings. The van der Waals surface area contributed by atoms with Crippen LogP contribution in [0.5, 0.6) is 0 Å². The van der Waals surface area contributed by atoms with Gasteiger partial charge in [-0.05, 0) is 22.6 Å². The summed E-state index contributed by atoms with van der Waals surface area (Å²) in [5.74, 6) is -1.30. The molecule has 0 fully saturated rings. The molecule has 0 bridgehead atoms. The third-order valence-corrected chi connectivity index (χ3v) is 1.43. The van der Waals surface area contributed by atoms with Crippen LogP contribution in [0.15, 0.2) is 18.2 Å². The summed E-state index contributed by atoms with van der Waals surface area (Å²) in [5, 5.41) is 20.8. The molecule has 0 radical (unpaired) electrons. The number of fused-ring (bicyclic) bond motifs is 1. The van der Waals surface area contributed by atoms with Crippen LogP contribution in [0, 0.1) is 0 Å². The minimum atomic E-state index is -1.30. The first-order chi connectivity index (χ1) is 5.79. The van der Waals surface area contributed by atoms with Crippen LogP contribution < -0.4 is 24.0 Å². The largest absolute Gasteiger partial charge is 1.00 e. The van der Waals surface area contributed by atoms with Gasteiger partial charge in [-0.1, -0.05) is 6.07 Å². The minimum absolute atomic E-state index is 0. The van der Waals surface area contributed by atoms with Gasteiger partial charge in [0.2, 0.25) is 0 Å². The Morgan fingerprint density at radius 3 is 2.92 bits per heavy atom. The van der Waals surface area contributed by atoms with Crippen molar-refractivity contribution in [2.45, 2.75) is 0 Å². The van der Waals surface area contributed by atoms with Gasteiger partial charge in [-0.2, -0.15) is 4.52 Å². The van der Waals surface area contributed by atoms with Crippen molar-refractivity contribution >= 4 is 11.6 Å². The number of pyridine rings is 1. The maximum absolute atomic E-state index is 10.5. The number of tetrazole rings is 1. The van der Waals surface area contributed by atoms with E-state index in [9.17, 15) is 9.90 Å². The molecule has 0 saturated heterocycles. The maximum atomic E-state index is 10.5. The fraction of sp³-hybridized carbons (Fsp3) is 0. The Kier molecular flexibility index (Phi) is 2.65. The molecule has 2 aromatic heterocycles. The van der Waals surface area contributed by atoms with Crippen LogP contribution in [0.2, 0.25) is 0 Å². The van der Waals surface area contributed by atoms with Crippen LogP contribution in [-0.2, 0) is 0 Å². The molecule has 0 atom stereocenters. The van der Waals surface area contributed by atoms with Gasteiger partial charge in [0.05, 0.1) is 11.7 Å². The van der Waals surface area contributed by atoms with E-state index in [4.69, 9.17) is 0 Å².